The SMILES string of the molecule is Cc1ccc(NC2COCC2(C)C(=O)O)nc1. The van der Waals surface area contributed by atoms with Gasteiger partial charge in [-0.3, -0.25) is 4.79 Å². The third-order valence-corrected chi connectivity index (χ3v) is 3.18. The zero-order valence-electron chi connectivity index (χ0n) is 9.93. The molecule has 0 radical (unpaired) electrons. The Morgan fingerprint density at radius 2 is 2.41 bits per heavy atom. The lowest BCUT2D eigenvalue weighted by Gasteiger charge is -2.25. The molecule has 17 heavy (non-hydrogen) atoms. The number of hydrogen-bond donors (Lipinski definition) is 2. The van der Waals surface area contributed by atoms with E-state index < -0.39 is 11.4 Å². The van der Waals surface area contributed by atoms with E-state index in [1.807, 2.05) is 19.1 Å². The fourth-order valence-electron chi connectivity index (χ4n) is 1.82. The number of nitrogens with zero attached hydrogens (tertiary/aromatic N) is 1. The summed E-state index contributed by atoms with van der Waals surface area (Å²) in [5.74, 6) is -0.168. The van der Waals surface area contributed by atoms with Crippen molar-refractivity contribution in [2.24, 2.45) is 5.41 Å². The van der Waals surface area contributed by atoms with Crippen molar-refractivity contribution in [1.82, 2.24) is 4.98 Å². The van der Waals surface area contributed by atoms with Crippen molar-refractivity contribution in [2.45, 2.75) is 19.9 Å². The standard InChI is InChI=1S/C12H16N2O3/c1-8-3-4-10(13-5-8)14-9-6-17-7-12(9,2)11(15)16/h3-5,9H,6-7H2,1-2H3,(H,13,14)(H,15,16). The van der Waals surface area contributed by atoms with E-state index in [2.05, 4.69) is 10.3 Å². The van der Waals surface area contributed by atoms with E-state index in [4.69, 9.17) is 4.74 Å². The van der Waals surface area contributed by atoms with E-state index in [0.717, 1.165) is 5.56 Å². The monoisotopic (exact) mass is 236 g/mol. The largest absolute Gasteiger partial charge is 0.481 e. The quantitative estimate of drug-likeness (QED) is 0.827. The Morgan fingerprint density at radius 3 is 3.00 bits per heavy atom. The van der Waals surface area contributed by atoms with Crippen LogP contribution < -0.4 is 5.32 Å². The summed E-state index contributed by atoms with van der Waals surface area (Å²) in [5.41, 5.74) is 0.172. The summed E-state index contributed by atoms with van der Waals surface area (Å²) in [5, 5.41) is 12.3. The second-order valence-electron chi connectivity index (χ2n) is 4.66. The number of rotatable bonds is 3. The molecule has 2 atom stereocenters. The van der Waals surface area contributed by atoms with Crippen LogP contribution in [-0.2, 0) is 9.53 Å². The number of nitrogens with one attached hydrogen (secondary N) is 1. The number of ether oxygens (including phenoxy) is 1. The van der Waals surface area contributed by atoms with Crippen LogP contribution >= 0.6 is 0 Å². The van der Waals surface area contributed by atoms with Crippen molar-refractivity contribution in [2.75, 3.05) is 18.5 Å². The Bertz CT molecular complexity index is 418. The average molecular weight is 236 g/mol. The van der Waals surface area contributed by atoms with Gasteiger partial charge in [0, 0.05) is 6.20 Å². The number of aliphatic carboxylic acids is 1. The molecule has 0 bridgehead atoms. The number of hydrogen-bond acceptors (Lipinski definition) is 4. The molecule has 5 nitrogen and oxygen atoms in total. The van der Waals surface area contributed by atoms with Gasteiger partial charge in [-0.15, -0.1) is 0 Å². The highest BCUT2D eigenvalue weighted by atomic mass is 16.5. The van der Waals surface area contributed by atoms with Gasteiger partial charge in [-0.2, -0.15) is 0 Å². The Morgan fingerprint density at radius 1 is 1.65 bits per heavy atom. The molecule has 5 heteroatoms. The molecule has 1 fully saturated rings. The molecule has 1 aliphatic heterocycles. The van der Waals surface area contributed by atoms with Crippen LogP contribution in [-0.4, -0.2) is 35.3 Å². The van der Waals surface area contributed by atoms with Gasteiger partial charge >= 0.3 is 5.97 Å². The maximum atomic E-state index is 11.2. The first-order chi connectivity index (χ1) is 8.02. The summed E-state index contributed by atoms with van der Waals surface area (Å²) in [6.45, 7) is 4.26. The number of anilines is 1. The van der Waals surface area contributed by atoms with Crippen LogP contribution in [0.1, 0.15) is 12.5 Å². The molecule has 0 aliphatic carbocycles. The molecule has 1 aromatic rings. The first kappa shape index (κ1) is 11.9. The van der Waals surface area contributed by atoms with Gasteiger partial charge in [0.25, 0.3) is 0 Å². The summed E-state index contributed by atoms with van der Waals surface area (Å²) in [4.78, 5) is 15.4. The normalized spacial score (nSPS) is 28.0. The van der Waals surface area contributed by atoms with Gasteiger partial charge in [0.1, 0.15) is 11.2 Å². The third-order valence-electron chi connectivity index (χ3n) is 3.18. The van der Waals surface area contributed by atoms with Crippen LogP contribution in [0.4, 0.5) is 5.82 Å². The lowest BCUT2D eigenvalue weighted by atomic mass is 9.85. The van der Waals surface area contributed by atoms with E-state index >= 15 is 0 Å². The van der Waals surface area contributed by atoms with Crippen LogP contribution in [0.15, 0.2) is 18.3 Å². The molecule has 92 valence electrons. The zero-order chi connectivity index (χ0) is 12.5. The minimum atomic E-state index is -0.896. The predicted octanol–water partition coefficient (Wildman–Crippen LogP) is 1.29. The Kier molecular flexibility index (Phi) is 3.02. The fourth-order valence-corrected chi connectivity index (χ4v) is 1.82. The van der Waals surface area contributed by atoms with Gasteiger partial charge in [-0.05, 0) is 25.5 Å². The van der Waals surface area contributed by atoms with Crippen LogP contribution in [0.5, 0.6) is 0 Å². The molecule has 2 unspecified atom stereocenters. The highest BCUT2D eigenvalue weighted by molar-refractivity contribution is 5.76. The number of aromatic nitrogens is 1. The lowest BCUT2D eigenvalue weighted by molar-refractivity contribution is -0.148. The molecule has 2 heterocycles. The first-order valence-corrected chi connectivity index (χ1v) is 5.53. The first-order valence-electron chi connectivity index (χ1n) is 5.53. The molecule has 0 aromatic carbocycles. The highest BCUT2D eigenvalue weighted by Gasteiger charge is 2.46. The summed E-state index contributed by atoms with van der Waals surface area (Å²) in [6, 6.07) is 3.52. The topological polar surface area (TPSA) is 71.5 Å². The second kappa shape index (κ2) is 4.33. The van der Waals surface area contributed by atoms with E-state index in [1.54, 1.807) is 13.1 Å². The average Bonchev–Trinajstić information content (AvgIpc) is 2.65. The van der Waals surface area contributed by atoms with E-state index in [-0.39, 0.29) is 12.6 Å². The summed E-state index contributed by atoms with van der Waals surface area (Å²) in [6.07, 6.45) is 1.75. The summed E-state index contributed by atoms with van der Waals surface area (Å²) >= 11 is 0. The Labute approximate surface area is 99.8 Å². The molecule has 0 saturated carbocycles. The number of carbonyl (C=O) groups is 1. The maximum absolute atomic E-state index is 11.2. The number of aryl methyl sites for hydroxylation is 1. The van der Waals surface area contributed by atoms with Crippen molar-refractivity contribution < 1.29 is 14.6 Å². The minimum absolute atomic E-state index is 0.228. The van der Waals surface area contributed by atoms with E-state index in [9.17, 15) is 9.90 Å². The smallest absolute Gasteiger partial charge is 0.313 e. The molecular weight excluding hydrogens is 220 g/mol. The Balaban J connectivity index is 2.13. The summed E-state index contributed by atoms with van der Waals surface area (Å²) in [7, 11) is 0. The summed E-state index contributed by atoms with van der Waals surface area (Å²) < 4.78 is 5.26. The van der Waals surface area contributed by atoms with Gasteiger partial charge in [-0.1, -0.05) is 6.07 Å². The number of pyridine rings is 1. The lowest BCUT2D eigenvalue weighted by Crippen LogP contribution is -2.43. The molecule has 1 saturated heterocycles. The molecular formula is C12H16N2O3. The third kappa shape index (κ3) is 2.24. The molecule has 0 amide bonds. The highest BCUT2D eigenvalue weighted by Crippen LogP contribution is 2.30. The molecule has 1 aliphatic rings. The van der Waals surface area contributed by atoms with Crippen LogP contribution in [0, 0.1) is 12.3 Å². The van der Waals surface area contributed by atoms with E-state index in [0.29, 0.717) is 12.4 Å². The minimum Gasteiger partial charge on any atom is -0.481 e. The maximum Gasteiger partial charge on any atom is 0.313 e. The zero-order valence-corrected chi connectivity index (χ0v) is 9.93. The van der Waals surface area contributed by atoms with Crippen molar-refractivity contribution >= 4 is 11.8 Å². The predicted molar refractivity (Wildman–Crippen MR) is 62.9 cm³/mol. The molecule has 2 N–H and O–H groups in total. The molecule has 1 aromatic heterocycles. The second-order valence-corrected chi connectivity index (χ2v) is 4.66. The van der Waals surface area contributed by atoms with E-state index in [1.165, 1.54) is 0 Å². The van der Waals surface area contributed by atoms with Gasteiger partial charge in [0.2, 0.25) is 0 Å². The van der Waals surface area contributed by atoms with Crippen molar-refractivity contribution in [1.29, 1.82) is 0 Å². The van der Waals surface area contributed by atoms with Gasteiger partial charge in [0.05, 0.1) is 19.3 Å². The fraction of sp³-hybridized carbons (Fsp3) is 0.500. The Hall–Kier alpha value is -1.62. The van der Waals surface area contributed by atoms with Crippen LogP contribution in [0.2, 0.25) is 0 Å². The van der Waals surface area contributed by atoms with Crippen LogP contribution in [0.25, 0.3) is 0 Å². The van der Waals surface area contributed by atoms with Gasteiger partial charge < -0.3 is 15.2 Å². The van der Waals surface area contributed by atoms with Gasteiger partial charge in [0.15, 0.2) is 0 Å². The van der Waals surface area contributed by atoms with Crippen molar-refractivity contribution in [3.63, 3.8) is 0 Å². The van der Waals surface area contributed by atoms with Crippen LogP contribution in [0.3, 0.4) is 0 Å². The van der Waals surface area contributed by atoms with Crippen molar-refractivity contribution in [3.8, 4) is 0 Å². The molecule has 0 spiro atoms. The number of carboxylic acids is 1. The molecule has 2 rings (SSSR count). The van der Waals surface area contributed by atoms with Gasteiger partial charge in [-0.25, -0.2) is 4.98 Å². The number of carboxylic acid groups (broad SMARTS) is 1. The van der Waals surface area contributed by atoms with Crippen molar-refractivity contribution in [3.05, 3.63) is 23.9 Å².